The minimum Gasteiger partial charge on any atom is -0.345 e. The van der Waals surface area contributed by atoms with Gasteiger partial charge >= 0.3 is 5.69 Å². The molecule has 0 atom stereocenters. The average molecular weight is 433 g/mol. The van der Waals surface area contributed by atoms with E-state index in [0.29, 0.717) is 5.56 Å². The topological polar surface area (TPSA) is 86.2 Å². The van der Waals surface area contributed by atoms with Crippen LogP contribution in [0.25, 0.3) is 10.4 Å². The van der Waals surface area contributed by atoms with Crippen molar-refractivity contribution in [2.24, 2.45) is 5.73 Å². The second-order valence-corrected chi connectivity index (χ2v) is 7.98. The minimum atomic E-state index is -1.89. The Labute approximate surface area is 175 Å². The molecular weight excluding hydrogens is 412 g/mol. The fraction of sp³-hybridized carbons (Fsp3) is 0.250. The van der Waals surface area contributed by atoms with Crippen molar-refractivity contribution in [3.8, 4) is 10.4 Å². The Kier molecular flexibility index (Phi) is 6.58. The molecule has 0 radical (unpaired) electrons. The summed E-state index contributed by atoms with van der Waals surface area (Å²) < 4.78 is 27.9. The van der Waals surface area contributed by atoms with Crippen LogP contribution in [-0.2, 0) is 13.1 Å². The van der Waals surface area contributed by atoms with Crippen molar-refractivity contribution in [2.75, 3.05) is 20.6 Å². The number of carbonyl (C=O) groups is 1. The van der Waals surface area contributed by atoms with Gasteiger partial charge in [0.05, 0.1) is 13.1 Å². The van der Waals surface area contributed by atoms with E-state index in [1.54, 1.807) is 20.2 Å². The van der Waals surface area contributed by atoms with Crippen molar-refractivity contribution in [2.45, 2.75) is 13.1 Å². The summed E-state index contributed by atoms with van der Waals surface area (Å²) in [5.74, 6) is -0.0804. The van der Waals surface area contributed by atoms with Gasteiger partial charge in [-0.3, -0.25) is 9.36 Å². The monoisotopic (exact) mass is 433 g/mol. The van der Waals surface area contributed by atoms with E-state index in [1.165, 1.54) is 27.1 Å². The highest BCUT2D eigenvalue weighted by molar-refractivity contribution is 7.15. The Morgan fingerprint density at radius 3 is 2.67 bits per heavy atom. The van der Waals surface area contributed by atoms with E-state index in [9.17, 15) is 18.4 Å². The molecule has 0 saturated carbocycles. The lowest BCUT2D eigenvalue weighted by molar-refractivity contribution is 0.0827. The maximum Gasteiger partial charge on any atom is 0.346 e. The third-order valence-corrected chi connectivity index (χ3v) is 5.56. The highest BCUT2D eigenvalue weighted by Crippen LogP contribution is 2.29. The number of benzene rings is 1. The van der Waals surface area contributed by atoms with Crippen LogP contribution in [0.2, 0.25) is 0 Å². The Morgan fingerprint density at radius 1 is 1.23 bits per heavy atom. The standard InChI is InChI=1S/C20H21F2N5O2S/c1-25(2)19(28)14-5-3-4-13(8-14)17-7-6-16(30-17)11-26-12-24-27(20(26)29)10-15(9-23)18(21)22/h3-8,12H,9-11,23H2,1-2H3. The van der Waals surface area contributed by atoms with Crippen LogP contribution in [0.3, 0.4) is 0 Å². The van der Waals surface area contributed by atoms with Crippen LogP contribution in [0, 0.1) is 0 Å². The summed E-state index contributed by atoms with van der Waals surface area (Å²) in [5, 5.41) is 3.90. The molecule has 0 unspecified atom stereocenters. The van der Waals surface area contributed by atoms with Gasteiger partial charge in [-0.1, -0.05) is 12.1 Å². The molecule has 3 rings (SSSR count). The molecule has 0 aliphatic heterocycles. The molecule has 7 nitrogen and oxygen atoms in total. The predicted octanol–water partition coefficient (Wildman–Crippen LogP) is 2.63. The number of thiophene rings is 1. The second kappa shape index (κ2) is 9.14. The summed E-state index contributed by atoms with van der Waals surface area (Å²) in [6, 6.07) is 11.1. The Balaban J connectivity index is 1.79. The molecule has 0 bridgehead atoms. The third-order valence-electron chi connectivity index (χ3n) is 4.44. The van der Waals surface area contributed by atoms with Crippen molar-refractivity contribution in [3.05, 3.63) is 75.3 Å². The third kappa shape index (κ3) is 4.71. The molecule has 1 amide bonds. The van der Waals surface area contributed by atoms with Gasteiger partial charge in [0, 0.05) is 41.5 Å². The first-order chi connectivity index (χ1) is 14.3. The first-order valence-corrected chi connectivity index (χ1v) is 9.88. The van der Waals surface area contributed by atoms with Crippen LogP contribution in [0.4, 0.5) is 8.78 Å². The van der Waals surface area contributed by atoms with E-state index >= 15 is 0 Å². The zero-order valence-corrected chi connectivity index (χ0v) is 17.3. The summed E-state index contributed by atoms with van der Waals surface area (Å²) in [4.78, 5) is 28.0. The van der Waals surface area contributed by atoms with Crippen LogP contribution >= 0.6 is 11.3 Å². The SMILES string of the molecule is CN(C)C(=O)c1cccc(-c2ccc(Cn3cnn(CC(CN)=C(F)F)c3=O)s2)c1. The first kappa shape index (κ1) is 21.6. The molecule has 2 aromatic heterocycles. The van der Waals surface area contributed by atoms with Gasteiger partial charge in [0.25, 0.3) is 12.0 Å². The van der Waals surface area contributed by atoms with Crippen molar-refractivity contribution < 1.29 is 13.6 Å². The fourth-order valence-corrected chi connectivity index (χ4v) is 3.82. The lowest BCUT2D eigenvalue weighted by Gasteiger charge is -2.10. The zero-order chi connectivity index (χ0) is 21.8. The van der Waals surface area contributed by atoms with Gasteiger partial charge in [-0.05, 0) is 29.8 Å². The largest absolute Gasteiger partial charge is 0.346 e. The summed E-state index contributed by atoms with van der Waals surface area (Å²) in [6.07, 6.45) is -0.570. The van der Waals surface area contributed by atoms with Gasteiger partial charge in [-0.2, -0.15) is 13.9 Å². The Bertz CT molecular complexity index is 1140. The number of rotatable bonds is 7. The van der Waals surface area contributed by atoms with E-state index in [1.807, 2.05) is 30.3 Å². The number of amides is 1. The van der Waals surface area contributed by atoms with Gasteiger partial charge in [0.15, 0.2) is 0 Å². The molecule has 2 N–H and O–H groups in total. The molecule has 0 saturated heterocycles. The van der Waals surface area contributed by atoms with Crippen molar-refractivity contribution in [1.82, 2.24) is 19.2 Å². The normalized spacial score (nSPS) is 10.8. The van der Waals surface area contributed by atoms with E-state index in [-0.39, 0.29) is 31.1 Å². The van der Waals surface area contributed by atoms with Crippen LogP contribution in [0.1, 0.15) is 15.2 Å². The van der Waals surface area contributed by atoms with E-state index in [2.05, 4.69) is 5.10 Å². The molecule has 0 aliphatic carbocycles. The van der Waals surface area contributed by atoms with Crippen molar-refractivity contribution >= 4 is 17.2 Å². The first-order valence-electron chi connectivity index (χ1n) is 9.06. The molecule has 1 aromatic carbocycles. The summed E-state index contributed by atoms with van der Waals surface area (Å²) in [7, 11) is 3.40. The molecule has 0 spiro atoms. The van der Waals surface area contributed by atoms with Gasteiger partial charge < -0.3 is 10.6 Å². The molecular formula is C20H21F2N5O2S. The van der Waals surface area contributed by atoms with Gasteiger partial charge in [-0.15, -0.1) is 11.3 Å². The van der Waals surface area contributed by atoms with E-state index in [4.69, 9.17) is 5.73 Å². The Hall–Kier alpha value is -3.11. The highest BCUT2D eigenvalue weighted by Gasteiger charge is 2.13. The molecule has 0 aliphatic rings. The van der Waals surface area contributed by atoms with E-state index in [0.717, 1.165) is 20.0 Å². The molecule has 2 heterocycles. The summed E-state index contributed by atoms with van der Waals surface area (Å²) in [6.45, 7) is -0.419. The van der Waals surface area contributed by atoms with Crippen molar-refractivity contribution in [3.63, 3.8) is 0 Å². The molecule has 30 heavy (non-hydrogen) atoms. The minimum absolute atomic E-state index is 0.0804. The number of halogens is 2. The average Bonchev–Trinajstić information content (AvgIpc) is 3.33. The van der Waals surface area contributed by atoms with Gasteiger partial charge in [0.1, 0.15) is 6.33 Å². The molecule has 10 heteroatoms. The van der Waals surface area contributed by atoms with Crippen molar-refractivity contribution in [1.29, 1.82) is 0 Å². The van der Waals surface area contributed by atoms with Gasteiger partial charge in [-0.25, -0.2) is 9.48 Å². The maximum atomic E-state index is 12.8. The number of nitrogens with two attached hydrogens (primary N) is 1. The number of hydrogen-bond acceptors (Lipinski definition) is 5. The second-order valence-electron chi connectivity index (χ2n) is 6.81. The van der Waals surface area contributed by atoms with Gasteiger partial charge in [0.2, 0.25) is 0 Å². The lowest BCUT2D eigenvalue weighted by atomic mass is 10.1. The zero-order valence-electron chi connectivity index (χ0n) is 16.5. The Morgan fingerprint density at radius 2 is 2.00 bits per heavy atom. The fourth-order valence-electron chi connectivity index (χ4n) is 2.82. The van der Waals surface area contributed by atoms with E-state index < -0.39 is 11.8 Å². The smallest absolute Gasteiger partial charge is 0.345 e. The highest BCUT2D eigenvalue weighted by atomic mass is 32.1. The van der Waals surface area contributed by atoms with Crippen LogP contribution in [0.5, 0.6) is 0 Å². The quantitative estimate of drug-likeness (QED) is 0.621. The van der Waals surface area contributed by atoms with Crippen LogP contribution in [-0.4, -0.2) is 45.8 Å². The number of hydrogen-bond donors (Lipinski definition) is 1. The maximum absolute atomic E-state index is 12.8. The predicted molar refractivity (Wildman–Crippen MR) is 112 cm³/mol. The van der Waals surface area contributed by atoms with Crippen LogP contribution < -0.4 is 11.4 Å². The molecule has 3 aromatic rings. The number of aromatic nitrogens is 3. The lowest BCUT2D eigenvalue weighted by Crippen LogP contribution is -2.27. The summed E-state index contributed by atoms with van der Waals surface area (Å²) >= 11 is 1.48. The molecule has 0 fully saturated rings. The summed E-state index contributed by atoms with van der Waals surface area (Å²) in [5.41, 5.74) is 5.97. The number of nitrogens with zero attached hydrogens (tertiary/aromatic N) is 4. The molecule has 158 valence electrons. The van der Waals surface area contributed by atoms with Crippen LogP contribution in [0.15, 0.2) is 59.2 Å². The number of carbonyl (C=O) groups excluding carboxylic acids is 1.